The summed E-state index contributed by atoms with van der Waals surface area (Å²) in [6.45, 7) is 4.21. The summed E-state index contributed by atoms with van der Waals surface area (Å²) in [5.74, 6) is 0.111. The molecule has 0 saturated heterocycles. The molecule has 0 aliphatic rings. The minimum Gasteiger partial charge on any atom is -0.345 e. The maximum absolute atomic E-state index is 12.9. The van der Waals surface area contributed by atoms with Crippen LogP contribution in [0.2, 0.25) is 0 Å². The Morgan fingerprint density at radius 3 is 2.19 bits per heavy atom. The third-order valence-electron chi connectivity index (χ3n) is 4.20. The van der Waals surface area contributed by atoms with Gasteiger partial charge in [-0.1, -0.05) is 56.3 Å². The van der Waals surface area contributed by atoms with Crippen molar-refractivity contribution in [2.24, 2.45) is 5.92 Å². The predicted octanol–water partition coefficient (Wildman–Crippen LogP) is 3.60. The van der Waals surface area contributed by atoms with E-state index in [9.17, 15) is 13.2 Å². The van der Waals surface area contributed by atoms with Crippen LogP contribution in [0.3, 0.4) is 0 Å². The van der Waals surface area contributed by atoms with E-state index < -0.39 is 10.0 Å². The average Bonchev–Trinajstić information content (AvgIpc) is 2.60. The fraction of sp³-hybridized carbons (Fsp3) is 0.350. The number of nitrogens with one attached hydrogen (secondary N) is 1. The molecule has 2 rings (SSSR count). The van der Waals surface area contributed by atoms with Crippen molar-refractivity contribution in [1.29, 1.82) is 0 Å². The highest BCUT2D eigenvalue weighted by molar-refractivity contribution is 7.92. The summed E-state index contributed by atoms with van der Waals surface area (Å²) >= 11 is 0. The van der Waals surface area contributed by atoms with Gasteiger partial charge in [-0.25, -0.2) is 8.42 Å². The lowest BCUT2D eigenvalue weighted by Gasteiger charge is -2.24. The first-order valence-corrected chi connectivity index (χ1v) is 10.4. The summed E-state index contributed by atoms with van der Waals surface area (Å²) in [7, 11) is -2.01. The van der Waals surface area contributed by atoms with Gasteiger partial charge in [-0.05, 0) is 30.0 Å². The topological polar surface area (TPSA) is 66.5 Å². The third-order valence-corrected chi connectivity index (χ3v) is 5.39. The van der Waals surface area contributed by atoms with E-state index in [0.29, 0.717) is 17.2 Å². The normalized spacial score (nSPS) is 12.7. The summed E-state index contributed by atoms with van der Waals surface area (Å²) in [6.07, 6.45) is 1.91. The number of hydrogen-bond acceptors (Lipinski definition) is 3. The van der Waals surface area contributed by atoms with Gasteiger partial charge in [0, 0.05) is 7.05 Å². The lowest BCUT2D eigenvalue weighted by atomic mass is 9.96. The van der Waals surface area contributed by atoms with Gasteiger partial charge >= 0.3 is 0 Å². The van der Waals surface area contributed by atoms with Gasteiger partial charge in [-0.15, -0.1) is 0 Å². The van der Waals surface area contributed by atoms with E-state index >= 15 is 0 Å². The lowest BCUT2D eigenvalue weighted by Crippen LogP contribution is -2.32. The van der Waals surface area contributed by atoms with Crippen LogP contribution in [0.15, 0.2) is 54.6 Å². The molecule has 0 heterocycles. The molecule has 0 fully saturated rings. The van der Waals surface area contributed by atoms with Gasteiger partial charge in [0.25, 0.3) is 5.91 Å². The summed E-state index contributed by atoms with van der Waals surface area (Å²) in [6, 6.07) is 16.4. The average molecular weight is 375 g/mol. The van der Waals surface area contributed by atoms with Crippen LogP contribution in [0, 0.1) is 5.92 Å². The summed E-state index contributed by atoms with van der Waals surface area (Å²) < 4.78 is 24.9. The second kappa shape index (κ2) is 8.36. The van der Waals surface area contributed by atoms with Crippen LogP contribution >= 0.6 is 0 Å². The molecule has 6 heteroatoms. The summed E-state index contributed by atoms with van der Waals surface area (Å²) in [4.78, 5) is 12.9. The number of carbonyl (C=O) groups is 1. The molecule has 0 saturated carbocycles. The first-order valence-electron chi connectivity index (χ1n) is 8.59. The van der Waals surface area contributed by atoms with Crippen molar-refractivity contribution < 1.29 is 13.2 Å². The van der Waals surface area contributed by atoms with Crippen molar-refractivity contribution in [3.63, 3.8) is 0 Å². The lowest BCUT2D eigenvalue weighted by molar-refractivity contribution is 0.0932. The smallest absolute Gasteiger partial charge is 0.253 e. The molecule has 1 atom stereocenters. The largest absolute Gasteiger partial charge is 0.345 e. The second-order valence-corrected chi connectivity index (χ2v) is 8.83. The Hall–Kier alpha value is -2.34. The molecule has 0 unspecified atom stereocenters. The van der Waals surface area contributed by atoms with Crippen molar-refractivity contribution in [3.8, 4) is 0 Å². The van der Waals surface area contributed by atoms with E-state index in [2.05, 4.69) is 19.2 Å². The Kier molecular flexibility index (Phi) is 6.42. The molecule has 0 radical (unpaired) electrons. The molecule has 1 N–H and O–H groups in total. The molecule has 2 aromatic rings. The minimum absolute atomic E-state index is 0.139. The molecule has 140 valence electrons. The molecule has 0 aliphatic carbocycles. The predicted molar refractivity (Wildman–Crippen MR) is 106 cm³/mol. The first kappa shape index (κ1) is 20.0. The van der Waals surface area contributed by atoms with Crippen LogP contribution in [-0.2, 0) is 10.0 Å². The monoisotopic (exact) mass is 374 g/mol. The second-order valence-electron chi connectivity index (χ2n) is 6.81. The Bertz CT molecular complexity index is 848. The van der Waals surface area contributed by atoms with Crippen LogP contribution in [0.5, 0.6) is 0 Å². The molecular formula is C20H26N2O3S. The van der Waals surface area contributed by atoms with Gasteiger partial charge in [0.05, 0.1) is 23.5 Å². The maximum Gasteiger partial charge on any atom is 0.253 e. The van der Waals surface area contributed by atoms with Gasteiger partial charge < -0.3 is 5.32 Å². The van der Waals surface area contributed by atoms with Crippen molar-refractivity contribution in [2.45, 2.75) is 26.3 Å². The highest BCUT2D eigenvalue weighted by Crippen LogP contribution is 2.25. The maximum atomic E-state index is 12.9. The molecular weight excluding hydrogens is 348 g/mol. The van der Waals surface area contributed by atoms with Gasteiger partial charge in [0.15, 0.2) is 0 Å². The number of rotatable bonds is 7. The van der Waals surface area contributed by atoms with Crippen LogP contribution < -0.4 is 9.62 Å². The van der Waals surface area contributed by atoms with Gasteiger partial charge in [-0.3, -0.25) is 9.10 Å². The zero-order valence-corrected chi connectivity index (χ0v) is 16.5. The zero-order valence-electron chi connectivity index (χ0n) is 15.6. The highest BCUT2D eigenvalue weighted by atomic mass is 32.2. The van der Waals surface area contributed by atoms with Gasteiger partial charge in [0.2, 0.25) is 10.0 Å². The van der Waals surface area contributed by atoms with Crippen LogP contribution in [-0.4, -0.2) is 27.6 Å². The van der Waals surface area contributed by atoms with E-state index in [1.165, 1.54) is 7.05 Å². The van der Waals surface area contributed by atoms with Crippen LogP contribution in [0.25, 0.3) is 0 Å². The van der Waals surface area contributed by atoms with E-state index in [4.69, 9.17) is 0 Å². The molecule has 26 heavy (non-hydrogen) atoms. The zero-order chi connectivity index (χ0) is 19.3. The standard InChI is InChI=1S/C20H26N2O3S/c1-15(2)14-18(16-10-6-5-7-11-16)21-20(23)17-12-8-9-13-19(17)22(3)26(4,24)25/h5-13,15,18H,14H2,1-4H3,(H,21,23)/t18-/m1/s1. The van der Waals surface area contributed by atoms with Crippen molar-refractivity contribution >= 4 is 21.6 Å². The first-order chi connectivity index (χ1) is 12.2. The molecule has 0 spiro atoms. The van der Waals surface area contributed by atoms with Crippen molar-refractivity contribution in [3.05, 3.63) is 65.7 Å². The number of hydrogen-bond donors (Lipinski definition) is 1. The molecule has 0 bridgehead atoms. The van der Waals surface area contributed by atoms with E-state index in [1.54, 1.807) is 24.3 Å². The quantitative estimate of drug-likeness (QED) is 0.805. The van der Waals surface area contributed by atoms with Crippen molar-refractivity contribution in [1.82, 2.24) is 5.32 Å². The van der Waals surface area contributed by atoms with E-state index in [-0.39, 0.29) is 11.9 Å². The molecule has 2 aromatic carbocycles. The highest BCUT2D eigenvalue weighted by Gasteiger charge is 2.22. The summed E-state index contributed by atoms with van der Waals surface area (Å²) in [5.41, 5.74) is 1.73. The Labute approximate surface area is 156 Å². The Balaban J connectivity index is 2.33. The van der Waals surface area contributed by atoms with Crippen LogP contribution in [0.4, 0.5) is 5.69 Å². The van der Waals surface area contributed by atoms with Gasteiger partial charge in [0.1, 0.15) is 0 Å². The van der Waals surface area contributed by atoms with Crippen LogP contribution in [0.1, 0.15) is 42.2 Å². The fourth-order valence-corrected chi connectivity index (χ4v) is 3.31. The third kappa shape index (κ3) is 5.08. The number of anilines is 1. The molecule has 1 amide bonds. The van der Waals surface area contributed by atoms with Crippen molar-refractivity contribution in [2.75, 3.05) is 17.6 Å². The fourth-order valence-electron chi connectivity index (χ4n) is 2.79. The SMILES string of the molecule is CC(C)C[C@@H](NC(=O)c1ccccc1N(C)S(C)(=O)=O)c1ccccc1. The Morgan fingerprint density at radius 2 is 1.62 bits per heavy atom. The number of nitrogens with zero attached hydrogens (tertiary/aromatic N) is 1. The molecule has 0 aliphatic heterocycles. The van der Waals surface area contributed by atoms with E-state index in [0.717, 1.165) is 22.5 Å². The number of amides is 1. The molecule has 5 nitrogen and oxygen atoms in total. The molecule has 0 aromatic heterocycles. The number of benzene rings is 2. The number of sulfonamides is 1. The van der Waals surface area contributed by atoms with Gasteiger partial charge in [-0.2, -0.15) is 0 Å². The van der Waals surface area contributed by atoms with E-state index in [1.807, 2.05) is 30.3 Å². The number of para-hydroxylation sites is 1. The summed E-state index contributed by atoms with van der Waals surface area (Å²) in [5, 5.41) is 3.07. The number of carbonyl (C=O) groups excluding carboxylic acids is 1. The minimum atomic E-state index is -3.46. The Morgan fingerprint density at radius 1 is 1.04 bits per heavy atom.